The monoisotopic (exact) mass is 380 g/mol. The number of aromatic hydroxyl groups is 1. The lowest BCUT2D eigenvalue weighted by molar-refractivity contribution is 0.100. The summed E-state index contributed by atoms with van der Waals surface area (Å²) in [7, 11) is 0. The van der Waals surface area contributed by atoms with Gasteiger partial charge in [-0.3, -0.25) is 9.59 Å². The van der Waals surface area contributed by atoms with E-state index in [2.05, 4.69) is 10.3 Å². The second-order valence-corrected chi connectivity index (χ2v) is 5.44. The minimum absolute atomic E-state index is 0.0148. The van der Waals surface area contributed by atoms with Crippen LogP contribution in [0.5, 0.6) is 5.75 Å². The van der Waals surface area contributed by atoms with Gasteiger partial charge in [-0.2, -0.15) is 0 Å². The summed E-state index contributed by atoms with van der Waals surface area (Å²) in [6, 6.07) is 15.2. The van der Waals surface area contributed by atoms with E-state index >= 15 is 0 Å². The van der Waals surface area contributed by atoms with Gasteiger partial charge < -0.3 is 15.4 Å². The third-order valence-corrected chi connectivity index (χ3v) is 3.67. The molecule has 0 aliphatic heterocycles. The second kappa shape index (κ2) is 11.4. The highest BCUT2D eigenvalue weighted by Gasteiger charge is 2.08. The minimum atomic E-state index is -0.247. The molecular formula is C23H28N2O3. The van der Waals surface area contributed by atoms with Gasteiger partial charge in [-0.15, -0.1) is 0 Å². The highest BCUT2D eigenvalue weighted by atomic mass is 16.3. The number of nitrogens with one attached hydrogen (secondary N) is 2. The van der Waals surface area contributed by atoms with Crippen LogP contribution in [0.2, 0.25) is 0 Å². The molecule has 0 radical (unpaired) electrons. The Morgan fingerprint density at radius 3 is 1.93 bits per heavy atom. The number of amides is 1. The summed E-state index contributed by atoms with van der Waals surface area (Å²) >= 11 is 0. The lowest BCUT2D eigenvalue weighted by atomic mass is 10.1. The number of hydrogen-bond donors (Lipinski definition) is 3. The number of aromatic amines is 1. The fraction of sp³-hybridized carbons (Fsp3) is 0.217. The number of Topliss-reactive ketones (excluding diaryl/α,β-unsaturated/α-hetero) is 1. The molecule has 0 atom stereocenters. The number of H-pyrrole nitrogens is 1. The largest absolute Gasteiger partial charge is 0.508 e. The molecule has 5 nitrogen and oxygen atoms in total. The van der Waals surface area contributed by atoms with E-state index in [1.54, 1.807) is 36.5 Å². The Balaban J connectivity index is 0.000000921. The van der Waals surface area contributed by atoms with Gasteiger partial charge in [0.15, 0.2) is 5.78 Å². The Morgan fingerprint density at radius 1 is 0.857 bits per heavy atom. The van der Waals surface area contributed by atoms with E-state index in [0.717, 1.165) is 11.1 Å². The molecular weight excluding hydrogens is 352 g/mol. The van der Waals surface area contributed by atoms with Gasteiger partial charge in [0, 0.05) is 24.4 Å². The molecule has 0 saturated heterocycles. The Morgan fingerprint density at radius 2 is 1.43 bits per heavy atom. The molecule has 2 aromatic carbocycles. The zero-order valence-electron chi connectivity index (χ0n) is 17.0. The topological polar surface area (TPSA) is 82.2 Å². The molecule has 0 spiro atoms. The number of anilines is 1. The van der Waals surface area contributed by atoms with Gasteiger partial charge in [0.25, 0.3) is 5.91 Å². The van der Waals surface area contributed by atoms with Crippen LogP contribution in [0.25, 0.3) is 11.1 Å². The summed E-state index contributed by atoms with van der Waals surface area (Å²) in [5, 5.41) is 12.0. The van der Waals surface area contributed by atoms with Crippen molar-refractivity contribution in [3.8, 4) is 16.9 Å². The van der Waals surface area contributed by atoms with Crippen LogP contribution in [-0.2, 0) is 0 Å². The number of carbonyl (C=O) groups excluding carboxylic acids is 2. The number of aromatic nitrogens is 1. The van der Waals surface area contributed by atoms with Crippen LogP contribution < -0.4 is 5.32 Å². The van der Waals surface area contributed by atoms with Crippen molar-refractivity contribution < 1.29 is 14.7 Å². The molecule has 3 N–H and O–H groups in total. The SMILES string of the molecule is CC.CC.CC(=O)c1cc(-c2ccc(NC(=O)c3ccc(O)cc3)cc2)c[nH]1. The third-order valence-electron chi connectivity index (χ3n) is 3.67. The predicted molar refractivity (Wildman–Crippen MR) is 115 cm³/mol. The molecule has 0 unspecified atom stereocenters. The molecule has 28 heavy (non-hydrogen) atoms. The van der Waals surface area contributed by atoms with E-state index in [1.807, 2.05) is 39.8 Å². The molecule has 0 saturated carbocycles. The Hall–Kier alpha value is -3.34. The Kier molecular flexibility index (Phi) is 9.23. The summed E-state index contributed by atoms with van der Waals surface area (Å²) in [5.74, 6) is -0.144. The van der Waals surface area contributed by atoms with Crippen LogP contribution in [0.4, 0.5) is 5.69 Å². The number of phenolic OH excluding ortho intramolecular Hbond substituents is 1. The maximum atomic E-state index is 12.1. The van der Waals surface area contributed by atoms with Crippen LogP contribution in [0, 0.1) is 0 Å². The van der Waals surface area contributed by atoms with E-state index in [1.165, 1.54) is 19.1 Å². The molecule has 1 heterocycles. The first-order valence-corrected chi connectivity index (χ1v) is 9.43. The summed E-state index contributed by atoms with van der Waals surface area (Å²) in [4.78, 5) is 26.4. The van der Waals surface area contributed by atoms with Crippen molar-refractivity contribution in [1.82, 2.24) is 4.98 Å². The lowest BCUT2D eigenvalue weighted by Crippen LogP contribution is -2.11. The molecule has 1 amide bonds. The standard InChI is InChI=1S/C19H16N2O3.2C2H6/c1-12(22)18-10-15(11-20-18)13-2-6-16(7-3-13)21-19(24)14-4-8-17(23)9-5-14;2*1-2/h2-11,20,23H,1H3,(H,21,24);2*1-2H3. The molecule has 148 valence electrons. The van der Waals surface area contributed by atoms with Crippen LogP contribution >= 0.6 is 0 Å². The first-order valence-electron chi connectivity index (χ1n) is 9.43. The van der Waals surface area contributed by atoms with Gasteiger partial charge in [0.1, 0.15) is 5.75 Å². The second-order valence-electron chi connectivity index (χ2n) is 5.44. The number of carbonyl (C=O) groups is 2. The normalized spacial score (nSPS) is 9.32. The summed E-state index contributed by atoms with van der Waals surface area (Å²) < 4.78 is 0. The van der Waals surface area contributed by atoms with E-state index in [4.69, 9.17) is 0 Å². The molecule has 0 fully saturated rings. The minimum Gasteiger partial charge on any atom is -0.508 e. The number of ketones is 1. The molecule has 3 rings (SSSR count). The van der Waals surface area contributed by atoms with Crippen LogP contribution in [-0.4, -0.2) is 21.8 Å². The van der Waals surface area contributed by atoms with Gasteiger partial charge in [0.05, 0.1) is 5.69 Å². The van der Waals surface area contributed by atoms with E-state index in [9.17, 15) is 14.7 Å². The van der Waals surface area contributed by atoms with Crippen molar-refractivity contribution >= 4 is 17.4 Å². The van der Waals surface area contributed by atoms with Gasteiger partial charge >= 0.3 is 0 Å². The Labute approximate surface area is 166 Å². The van der Waals surface area contributed by atoms with E-state index in [0.29, 0.717) is 16.9 Å². The summed E-state index contributed by atoms with van der Waals surface area (Å²) in [6.07, 6.45) is 1.78. The van der Waals surface area contributed by atoms with Crippen molar-refractivity contribution in [2.75, 3.05) is 5.32 Å². The number of phenols is 1. The van der Waals surface area contributed by atoms with Crippen molar-refractivity contribution in [3.05, 3.63) is 72.1 Å². The quantitative estimate of drug-likeness (QED) is 0.493. The van der Waals surface area contributed by atoms with Gasteiger partial charge in [-0.1, -0.05) is 39.8 Å². The molecule has 0 aliphatic carbocycles. The molecule has 0 aliphatic rings. The smallest absolute Gasteiger partial charge is 0.255 e. The van der Waals surface area contributed by atoms with Crippen molar-refractivity contribution in [3.63, 3.8) is 0 Å². The first kappa shape index (κ1) is 22.7. The van der Waals surface area contributed by atoms with E-state index in [-0.39, 0.29) is 17.4 Å². The number of rotatable bonds is 4. The summed E-state index contributed by atoms with van der Waals surface area (Å²) in [6.45, 7) is 9.51. The molecule has 3 aromatic rings. The predicted octanol–water partition coefficient (Wildman–Crippen LogP) is 5.89. The van der Waals surface area contributed by atoms with Gasteiger partial charge in [-0.25, -0.2) is 0 Å². The Bertz CT molecular complexity index is 879. The molecule has 0 bridgehead atoms. The zero-order chi connectivity index (χ0) is 21.1. The zero-order valence-corrected chi connectivity index (χ0v) is 17.0. The van der Waals surface area contributed by atoms with Crippen molar-refractivity contribution in [1.29, 1.82) is 0 Å². The first-order chi connectivity index (χ1) is 13.5. The number of hydrogen-bond acceptors (Lipinski definition) is 3. The maximum Gasteiger partial charge on any atom is 0.255 e. The lowest BCUT2D eigenvalue weighted by Gasteiger charge is -2.06. The molecule has 5 heteroatoms. The molecule has 1 aromatic heterocycles. The van der Waals surface area contributed by atoms with Gasteiger partial charge in [0.2, 0.25) is 0 Å². The highest BCUT2D eigenvalue weighted by molar-refractivity contribution is 6.04. The van der Waals surface area contributed by atoms with Crippen LogP contribution in [0.1, 0.15) is 55.5 Å². The summed E-state index contributed by atoms with van der Waals surface area (Å²) in [5.41, 5.74) is 3.56. The average molecular weight is 380 g/mol. The fourth-order valence-electron chi connectivity index (χ4n) is 2.33. The van der Waals surface area contributed by atoms with Gasteiger partial charge in [-0.05, 0) is 53.6 Å². The third kappa shape index (κ3) is 6.13. The van der Waals surface area contributed by atoms with Crippen LogP contribution in [0.3, 0.4) is 0 Å². The average Bonchev–Trinajstić information content (AvgIpc) is 3.23. The fourth-order valence-corrected chi connectivity index (χ4v) is 2.33. The maximum absolute atomic E-state index is 12.1. The number of benzene rings is 2. The van der Waals surface area contributed by atoms with Crippen molar-refractivity contribution in [2.45, 2.75) is 34.6 Å². The van der Waals surface area contributed by atoms with E-state index < -0.39 is 0 Å². The van der Waals surface area contributed by atoms with Crippen molar-refractivity contribution in [2.24, 2.45) is 0 Å². The van der Waals surface area contributed by atoms with Crippen LogP contribution in [0.15, 0.2) is 60.8 Å². The highest BCUT2D eigenvalue weighted by Crippen LogP contribution is 2.23.